The Labute approximate surface area is 151 Å². The van der Waals surface area contributed by atoms with E-state index in [1.807, 2.05) is 0 Å². The molecule has 0 saturated heterocycles. The molecule has 2 rings (SSSR count). The van der Waals surface area contributed by atoms with Crippen LogP contribution in [0, 0.1) is 13.8 Å². The highest BCUT2D eigenvalue weighted by Gasteiger charge is 2.29. The maximum Gasteiger partial charge on any atom is 0.340 e. The van der Waals surface area contributed by atoms with Gasteiger partial charge in [0.1, 0.15) is 11.5 Å². The molecule has 1 heterocycles. The molecule has 0 saturated carbocycles. The van der Waals surface area contributed by atoms with Crippen molar-refractivity contribution in [3.8, 4) is 22.6 Å². The third-order valence-corrected chi connectivity index (χ3v) is 4.01. The predicted molar refractivity (Wildman–Crippen MR) is 94.9 cm³/mol. The summed E-state index contributed by atoms with van der Waals surface area (Å²) in [6.45, 7) is 3.35. The van der Waals surface area contributed by atoms with Crippen molar-refractivity contribution in [2.75, 3.05) is 28.4 Å². The summed E-state index contributed by atoms with van der Waals surface area (Å²) in [5.74, 6) is -0.217. The Hall–Kier alpha value is -3.09. The first kappa shape index (κ1) is 19.2. The van der Waals surface area contributed by atoms with E-state index in [1.165, 1.54) is 28.4 Å². The third-order valence-electron chi connectivity index (χ3n) is 4.01. The highest BCUT2D eigenvalue weighted by atomic mass is 16.5. The van der Waals surface area contributed by atoms with Crippen molar-refractivity contribution in [2.24, 2.45) is 0 Å². The number of hydrogen-bond donors (Lipinski definition) is 0. The van der Waals surface area contributed by atoms with Gasteiger partial charge in [0.2, 0.25) is 0 Å². The first-order chi connectivity index (χ1) is 12.4. The van der Waals surface area contributed by atoms with Crippen molar-refractivity contribution in [3.05, 3.63) is 40.7 Å². The van der Waals surface area contributed by atoms with Crippen LogP contribution < -0.4 is 9.47 Å². The smallest absolute Gasteiger partial charge is 0.340 e. The topological polar surface area (TPSA) is 84.0 Å². The predicted octanol–water partition coefficient (Wildman–Crippen LogP) is 2.96. The lowest BCUT2D eigenvalue weighted by atomic mass is 9.91. The average molecular weight is 359 g/mol. The fourth-order valence-electron chi connectivity index (χ4n) is 2.83. The van der Waals surface area contributed by atoms with Crippen LogP contribution in [0.5, 0.6) is 11.5 Å². The number of aromatic nitrogens is 1. The van der Waals surface area contributed by atoms with Crippen molar-refractivity contribution < 1.29 is 28.5 Å². The quantitative estimate of drug-likeness (QED) is 0.759. The molecule has 0 radical (unpaired) electrons. The van der Waals surface area contributed by atoms with Gasteiger partial charge in [-0.25, -0.2) is 9.59 Å². The summed E-state index contributed by atoms with van der Waals surface area (Å²) in [5, 5.41) is 0. The summed E-state index contributed by atoms with van der Waals surface area (Å²) < 4.78 is 20.6. The Balaban J connectivity index is 3.02. The molecule has 0 bridgehead atoms. The largest absolute Gasteiger partial charge is 0.497 e. The van der Waals surface area contributed by atoms with E-state index in [0.717, 1.165) is 0 Å². The molecule has 0 amide bonds. The van der Waals surface area contributed by atoms with Gasteiger partial charge in [-0.1, -0.05) is 0 Å². The summed E-state index contributed by atoms with van der Waals surface area (Å²) in [7, 11) is 5.57. The molecule has 0 unspecified atom stereocenters. The van der Waals surface area contributed by atoms with Crippen LogP contribution in [0.15, 0.2) is 18.2 Å². The molecule has 2 aromatic rings. The Morgan fingerprint density at radius 2 is 1.38 bits per heavy atom. The maximum atomic E-state index is 12.5. The van der Waals surface area contributed by atoms with Gasteiger partial charge in [0.15, 0.2) is 0 Å². The fourth-order valence-corrected chi connectivity index (χ4v) is 2.83. The minimum absolute atomic E-state index is 0.171. The minimum Gasteiger partial charge on any atom is -0.497 e. The van der Waals surface area contributed by atoms with Crippen LogP contribution >= 0.6 is 0 Å². The lowest BCUT2D eigenvalue weighted by molar-refractivity contribution is 0.0599. The number of ether oxygens (including phenoxy) is 4. The molecule has 0 aliphatic heterocycles. The van der Waals surface area contributed by atoms with Crippen molar-refractivity contribution in [1.82, 2.24) is 4.98 Å². The zero-order chi connectivity index (χ0) is 19.4. The standard InChI is InChI=1S/C19H21NO6/c1-10-15(18(21)25-5)17(16(11(2)20-10)19(22)26-6)13-9-12(23-3)7-8-14(13)24-4/h7-9H,1-6H3. The molecule has 26 heavy (non-hydrogen) atoms. The van der Waals surface area contributed by atoms with E-state index >= 15 is 0 Å². The number of esters is 2. The Morgan fingerprint density at radius 3 is 1.81 bits per heavy atom. The number of aryl methyl sites for hydroxylation is 2. The van der Waals surface area contributed by atoms with Crippen LogP contribution in [0.2, 0.25) is 0 Å². The van der Waals surface area contributed by atoms with Gasteiger partial charge in [0.05, 0.1) is 51.0 Å². The summed E-state index contributed by atoms with van der Waals surface area (Å²) in [6, 6.07) is 5.10. The third kappa shape index (κ3) is 3.33. The molecule has 7 heteroatoms. The van der Waals surface area contributed by atoms with Gasteiger partial charge in [-0.3, -0.25) is 4.98 Å². The van der Waals surface area contributed by atoms with Gasteiger partial charge in [0, 0.05) is 11.1 Å². The number of carbonyl (C=O) groups excluding carboxylic acids is 2. The second kappa shape index (κ2) is 7.86. The van der Waals surface area contributed by atoms with E-state index in [4.69, 9.17) is 18.9 Å². The normalized spacial score (nSPS) is 10.2. The SMILES string of the molecule is COC(=O)c1c(C)nc(C)c(C(=O)OC)c1-c1cc(OC)ccc1OC. The van der Waals surface area contributed by atoms with Crippen LogP contribution in [0.3, 0.4) is 0 Å². The second-order valence-corrected chi connectivity index (χ2v) is 5.46. The van der Waals surface area contributed by atoms with Crippen molar-refractivity contribution in [2.45, 2.75) is 13.8 Å². The summed E-state index contributed by atoms with van der Waals surface area (Å²) in [5.41, 5.74) is 2.05. The molecule has 0 N–H and O–H groups in total. The monoisotopic (exact) mass is 359 g/mol. The van der Waals surface area contributed by atoms with E-state index in [-0.39, 0.29) is 11.1 Å². The van der Waals surface area contributed by atoms with Gasteiger partial charge in [-0.15, -0.1) is 0 Å². The number of pyridine rings is 1. The van der Waals surface area contributed by atoms with Crippen LogP contribution in [0.25, 0.3) is 11.1 Å². The number of benzene rings is 1. The fraction of sp³-hybridized carbons (Fsp3) is 0.316. The van der Waals surface area contributed by atoms with E-state index < -0.39 is 11.9 Å². The van der Waals surface area contributed by atoms with Crippen LogP contribution in [-0.4, -0.2) is 45.4 Å². The van der Waals surface area contributed by atoms with Gasteiger partial charge in [-0.05, 0) is 32.0 Å². The molecule has 0 aliphatic carbocycles. The molecule has 0 aliphatic rings. The highest BCUT2D eigenvalue weighted by molar-refractivity contribution is 6.08. The average Bonchev–Trinajstić information content (AvgIpc) is 2.65. The van der Waals surface area contributed by atoms with Crippen LogP contribution in [0.1, 0.15) is 32.1 Å². The summed E-state index contributed by atoms with van der Waals surface area (Å²) >= 11 is 0. The van der Waals surface area contributed by atoms with Gasteiger partial charge < -0.3 is 18.9 Å². The molecule has 0 fully saturated rings. The van der Waals surface area contributed by atoms with Gasteiger partial charge >= 0.3 is 11.9 Å². The molecular weight excluding hydrogens is 338 g/mol. The number of hydrogen-bond acceptors (Lipinski definition) is 7. The Morgan fingerprint density at radius 1 is 0.846 bits per heavy atom. The Bertz CT molecular complexity index is 819. The van der Waals surface area contributed by atoms with E-state index in [1.54, 1.807) is 32.0 Å². The zero-order valence-corrected chi connectivity index (χ0v) is 15.6. The first-order valence-corrected chi connectivity index (χ1v) is 7.79. The van der Waals surface area contributed by atoms with Crippen molar-refractivity contribution in [1.29, 1.82) is 0 Å². The van der Waals surface area contributed by atoms with Crippen LogP contribution in [-0.2, 0) is 9.47 Å². The minimum atomic E-state index is -0.611. The first-order valence-electron chi connectivity index (χ1n) is 7.79. The van der Waals surface area contributed by atoms with Gasteiger partial charge in [-0.2, -0.15) is 0 Å². The van der Waals surface area contributed by atoms with E-state index in [2.05, 4.69) is 4.98 Å². The van der Waals surface area contributed by atoms with E-state index in [0.29, 0.717) is 34.0 Å². The highest BCUT2D eigenvalue weighted by Crippen LogP contribution is 2.39. The molecule has 1 aromatic heterocycles. The molecule has 138 valence electrons. The van der Waals surface area contributed by atoms with Gasteiger partial charge in [0.25, 0.3) is 0 Å². The summed E-state index contributed by atoms with van der Waals surface area (Å²) in [6.07, 6.45) is 0. The molecular formula is C19H21NO6. The van der Waals surface area contributed by atoms with E-state index in [9.17, 15) is 9.59 Å². The Kier molecular flexibility index (Phi) is 5.82. The summed E-state index contributed by atoms with van der Waals surface area (Å²) in [4.78, 5) is 29.3. The lowest BCUT2D eigenvalue weighted by Crippen LogP contribution is -2.16. The molecule has 1 aromatic carbocycles. The molecule has 7 nitrogen and oxygen atoms in total. The zero-order valence-electron chi connectivity index (χ0n) is 15.6. The number of methoxy groups -OCH3 is 4. The number of rotatable bonds is 5. The second-order valence-electron chi connectivity index (χ2n) is 5.46. The maximum absolute atomic E-state index is 12.5. The van der Waals surface area contributed by atoms with Crippen molar-refractivity contribution in [3.63, 3.8) is 0 Å². The van der Waals surface area contributed by atoms with Crippen molar-refractivity contribution >= 4 is 11.9 Å². The molecule has 0 spiro atoms. The number of carbonyl (C=O) groups is 2. The lowest BCUT2D eigenvalue weighted by Gasteiger charge is -2.19. The molecule has 0 atom stereocenters. The number of nitrogens with zero attached hydrogens (tertiary/aromatic N) is 1. The van der Waals surface area contributed by atoms with Crippen LogP contribution in [0.4, 0.5) is 0 Å².